The number of benzene rings is 2. The number of hydrogen-bond acceptors (Lipinski definition) is 7. The van der Waals surface area contributed by atoms with Crippen molar-refractivity contribution in [1.82, 2.24) is 9.80 Å². The van der Waals surface area contributed by atoms with Crippen molar-refractivity contribution in [2.75, 3.05) is 25.5 Å². The first-order valence-corrected chi connectivity index (χ1v) is 9.76. The molecule has 0 aromatic heterocycles. The monoisotopic (exact) mass is 411 g/mol. The van der Waals surface area contributed by atoms with Gasteiger partial charge in [-0.1, -0.05) is 24.3 Å². The minimum atomic E-state index is -0.805. The van der Waals surface area contributed by atoms with E-state index in [1.807, 2.05) is 0 Å². The molecule has 148 valence electrons. The first kappa shape index (κ1) is 19.0. The van der Waals surface area contributed by atoms with E-state index in [2.05, 4.69) is 5.32 Å². The number of nitrogens with zero attached hydrogens (tertiary/aromatic N) is 2. The number of nitrogens with one attached hydrogen (secondary N) is 1. The molecule has 4 rings (SSSR count). The molecule has 0 spiro atoms. The Morgan fingerprint density at radius 1 is 0.897 bits per heavy atom. The highest BCUT2D eigenvalue weighted by atomic mass is 32.2. The molecule has 1 N–H and O–H groups in total. The molecule has 0 unspecified atom stereocenters. The minimum absolute atomic E-state index is 0.0498. The van der Waals surface area contributed by atoms with Crippen LogP contribution in [0.3, 0.4) is 0 Å². The number of para-hydroxylation sites is 2. The zero-order valence-corrected chi connectivity index (χ0v) is 16.3. The number of rotatable bonds is 6. The van der Waals surface area contributed by atoms with Crippen LogP contribution in [0.2, 0.25) is 0 Å². The molecular formula is C20H17N3O5S. The van der Waals surface area contributed by atoms with Crippen molar-refractivity contribution in [1.29, 1.82) is 0 Å². The Kier molecular flexibility index (Phi) is 4.98. The van der Waals surface area contributed by atoms with Crippen LogP contribution in [0.4, 0.5) is 10.5 Å². The first-order valence-electron chi connectivity index (χ1n) is 8.88. The normalized spacial score (nSPS) is 18.4. The molecule has 0 bridgehead atoms. The predicted octanol–water partition coefficient (Wildman–Crippen LogP) is 2.42. The zero-order chi connectivity index (χ0) is 20.5. The Labute approximate surface area is 170 Å². The number of thioether (sulfide) groups is 1. The smallest absolute Gasteiger partial charge is 0.290 e. The van der Waals surface area contributed by atoms with Gasteiger partial charge in [0.2, 0.25) is 0 Å². The predicted molar refractivity (Wildman–Crippen MR) is 107 cm³/mol. The summed E-state index contributed by atoms with van der Waals surface area (Å²) in [5.41, 5.74) is 1.26. The summed E-state index contributed by atoms with van der Waals surface area (Å²) in [5, 5.41) is 1.77. The standard InChI is InChI=1S/C20H17N3O5S/c1-28-15-9-5-4-8-14(15)21-16-19(26)23(20(27)29-16)11-10-22-17(24)12-6-2-3-7-13(12)18(22)25/h2-9,16,21H,10-11H2,1H3/t16-/m1/s1. The molecule has 2 aromatic rings. The molecule has 2 aliphatic rings. The average molecular weight is 411 g/mol. The Hall–Kier alpha value is -3.33. The molecule has 0 radical (unpaired) electrons. The lowest BCUT2D eigenvalue weighted by molar-refractivity contribution is -0.126. The fourth-order valence-corrected chi connectivity index (χ4v) is 4.21. The summed E-state index contributed by atoms with van der Waals surface area (Å²) >= 11 is 0.850. The summed E-state index contributed by atoms with van der Waals surface area (Å²) in [6.07, 6.45) is 0. The second-order valence-electron chi connectivity index (χ2n) is 6.41. The molecule has 0 aliphatic carbocycles. The molecule has 1 fully saturated rings. The van der Waals surface area contributed by atoms with E-state index in [1.54, 1.807) is 48.5 Å². The van der Waals surface area contributed by atoms with Crippen molar-refractivity contribution >= 4 is 40.4 Å². The molecule has 0 saturated carbocycles. The first-order chi connectivity index (χ1) is 14.0. The molecule has 1 saturated heterocycles. The molecule has 4 amide bonds. The number of ether oxygens (including phenoxy) is 1. The van der Waals surface area contributed by atoms with Gasteiger partial charge in [-0.15, -0.1) is 0 Å². The van der Waals surface area contributed by atoms with Gasteiger partial charge in [0.1, 0.15) is 5.75 Å². The Balaban J connectivity index is 1.43. The second-order valence-corrected chi connectivity index (χ2v) is 7.46. The number of carbonyl (C=O) groups excluding carboxylic acids is 4. The van der Waals surface area contributed by atoms with Gasteiger partial charge in [0.05, 0.1) is 23.9 Å². The Morgan fingerprint density at radius 2 is 1.48 bits per heavy atom. The van der Waals surface area contributed by atoms with Gasteiger partial charge in [-0.2, -0.15) is 0 Å². The number of carbonyl (C=O) groups is 4. The van der Waals surface area contributed by atoms with E-state index < -0.39 is 28.3 Å². The molecule has 2 heterocycles. The van der Waals surface area contributed by atoms with E-state index in [0.29, 0.717) is 22.6 Å². The van der Waals surface area contributed by atoms with Crippen LogP contribution >= 0.6 is 11.8 Å². The maximum Gasteiger partial charge on any atom is 0.290 e. The van der Waals surface area contributed by atoms with Crippen LogP contribution in [0.5, 0.6) is 5.75 Å². The third-order valence-corrected chi connectivity index (χ3v) is 5.73. The zero-order valence-electron chi connectivity index (χ0n) is 15.5. The Bertz CT molecular complexity index is 990. The van der Waals surface area contributed by atoms with Crippen LogP contribution in [0.15, 0.2) is 48.5 Å². The molecule has 9 heteroatoms. The van der Waals surface area contributed by atoms with E-state index in [0.717, 1.165) is 21.6 Å². The highest BCUT2D eigenvalue weighted by Gasteiger charge is 2.41. The average Bonchev–Trinajstić information content (AvgIpc) is 3.14. The van der Waals surface area contributed by atoms with E-state index >= 15 is 0 Å². The highest BCUT2D eigenvalue weighted by Crippen LogP contribution is 2.32. The number of fused-ring (bicyclic) bond motifs is 1. The van der Waals surface area contributed by atoms with Crippen LogP contribution in [0.25, 0.3) is 0 Å². The van der Waals surface area contributed by atoms with Crippen LogP contribution in [-0.4, -0.2) is 58.3 Å². The summed E-state index contributed by atoms with van der Waals surface area (Å²) in [6, 6.07) is 13.6. The number of anilines is 1. The highest BCUT2D eigenvalue weighted by molar-refractivity contribution is 8.15. The molecule has 8 nitrogen and oxygen atoms in total. The molecular weight excluding hydrogens is 394 g/mol. The summed E-state index contributed by atoms with van der Waals surface area (Å²) in [5.74, 6) is -0.706. The van der Waals surface area contributed by atoms with Gasteiger partial charge in [0.25, 0.3) is 23.0 Å². The van der Waals surface area contributed by atoms with Gasteiger partial charge in [0, 0.05) is 13.1 Å². The maximum absolute atomic E-state index is 12.7. The van der Waals surface area contributed by atoms with Crippen molar-refractivity contribution in [3.63, 3.8) is 0 Å². The van der Waals surface area contributed by atoms with Gasteiger partial charge in [-0.25, -0.2) is 0 Å². The van der Waals surface area contributed by atoms with Crippen LogP contribution < -0.4 is 10.1 Å². The van der Waals surface area contributed by atoms with Gasteiger partial charge >= 0.3 is 0 Å². The van der Waals surface area contributed by atoms with Crippen molar-refractivity contribution in [2.24, 2.45) is 0 Å². The maximum atomic E-state index is 12.7. The van der Waals surface area contributed by atoms with Crippen molar-refractivity contribution in [3.8, 4) is 5.75 Å². The van der Waals surface area contributed by atoms with Gasteiger partial charge in [0.15, 0.2) is 5.37 Å². The third-order valence-electron chi connectivity index (χ3n) is 4.75. The number of methoxy groups -OCH3 is 1. The van der Waals surface area contributed by atoms with Crippen molar-refractivity contribution in [2.45, 2.75) is 5.37 Å². The van der Waals surface area contributed by atoms with Gasteiger partial charge < -0.3 is 10.1 Å². The van der Waals surface area contributed by atoms with E-state index in [9.17, 15) is 19.2 Å². The number of hydrogen-bond donors (Lipinski definition) is 1. The van der Waals surface area contributed by atoms with E-state index in [1.165, 1.54) is 7.11 Å². The lowest BCUT2D eigenvalue weighted by atomic mass is 10.1. The third kappa shape index (κ3) is 3.33. The quantitative estimate of drug-likeness (QED) is 0.729. The fourth-order valence-electron chi connectivity index (χ4n) is 3.29. The van der Waals surface area contributed by atoms with Crippen LogP contribution in [0.1, 0.15) is 20.7 Å². The van der Waals surface area contributed by atoms with Gasteiger partial charge in [-0.05, 0) is 36.0 Å². The largest absolute Gasteiger partial charge is 0.495 e. The van der Waals surface area contributed by atoms with E-state index in [4.69, 9.17) is 4.74 Å². The lowest BCUT2D eigenvalue weighted by Gasteiger charge is -2.19. The van der Waals surface area contributed by atoms with Crippen molar-refractivity contribution in [3.05, 3.63) is 59.7 Å². The number of amides is 4. The fraction of sp³-hybridized carbons (Fsp3) is 0.200. The summed E-state index contributed by atoms with van der Waals surface area (Å²) in [4.78, 5) is 52.0. The molecule has 2 aromatic carbocycles. The summed E-state index contributed by atoms with van der Waals surface area (Å²) < 4.78 is 5.25. The molecule has 29 heavy (non-hydrogen) atoms. The second kappa shape index (κ2) is 7.59. The summed E-state index contributed by atoms with van der Waals surface area (Å²) in [7, 11) is 1.52. The number of imide groups is 2. The SMILES string of the molecule is COc1ccccc1N[C@@H]1SC(=O)N(CCN2C(=O)c3ccccc3C2=O)C1=O. The van der Waals surface area contributed by atoms with Crippen LogP contribution in [-0.2, 0) is 4.79 Å². The van der Waals surface area contributed by atoms with Crippen LogP contribution in [0, 0.1) is 0 Å². The van der Waals surface area contributed by atoms with Gasteiger partial charge in [-0.3, -0.25) is 29.0 Å². The molecule has 2 aliphatic heterocycles. The van der Waals surface area contributed by atoms with E-state index in [-0.39, 0.29) is 13.1 Å². The lowest BCUT2D eigenvalue weighted by Crippen LogP contribution is -2.41. The minimum Gasteiger partial charge on any atom is -0.495 e. The topological polar surface area (TPSA) is 96.0 Å². The molecule has 1 atom stereocenters. The van der Waals surface area contributed by atoms with Crippen molar-refractivity contribution < 1.29 is 23.9 Å². The Morgan fingerprint density at radius 3 is 2.14 bits per heavy atom. The summed E-state index contributed by atoms with van der Waals surface area (Å²) in [6.45, 7) is -0.105.